The fourth-order valence-electron chi connectivity index (χ4n) is 4.72. The summed E-state index contributed by atoms with van der Waals surface area (Å²) in [6.45, 7) is 7.41. The lowest BCUT2D eigenvalue weighted by Crippen LogP contribution is -2.58. The van der Waals surface area contributed by atoms with Crippen molar-refractivity contribution in [2.24, 2.45) is 11.8 Å². The molecular weight excluding hydrogens is 272 g/mol. The van der Waals surface area contributed by atoms with Crippen LogP contribution in [-0.4, -0.2) is 30.4 Å². The average molecular weight is 298 g/mol. The Hall–Kier alpha value is -1.35. The first-order valence-corrected chi connectivity index (χ1v) is 8.69. The molecule has 0 unspecified atom stereocenters. The molecule has 1 saturated heterocycles. The molecule has 118 valence electrons. The van der Waals surface area contributed by atoms with Gasteiger partial charge in [-0.3, -0.25) is 9.69 Å². The number of likely N-dealkylation sites (tertiary alicyclic amines) is 1. The smallest absolute Gasteiger partial charge is 0.211 e. The Morgan fingerprint density at radius 2 is 2.23 bits per heavy atom. The van der Waals surface area contributed by atoms with E-state index in [0.717, 1.165) is 18.0 Å². The van der Waals surface area contributed by atoms with Crippen LogP contribution in [0.2, 0.25) is 0 Å². The van der Waals surface area contributed by atoms with Gasteiger partial charge in [0.25, 0.3) is 0 Å². The van der Waals surface area contributed by atoms with E-state index in [-0.39, 0.29) is 5.41 Å². The normalized spacial score (nSPS) is 34.1. The first-order chi connectivity index (χ1) is 10.6. The molecule has 3 heteroatoms. The van der Waals surface area contributed by atoms with E-state index in [0.29, 0.717) is 12.0 Å². The van der Waals surface area contributed by atoms with Gasteiger partial charge in [0.2, 0.25) is 6.41 Å². The lowest BCUT2D eigenvalue weighted by molar-refractivity contribution is -0.105. The minimum atomic E-state index is 0.249. The van der Waals surface area contributed by atoms with Crippen LogP contribution in [0.4, 0.5) is 5.69 Å². The van der Waals surface area contributed by atoms with Gasteiger partial charge in [0, 0.05) is 18.3 Å². The highest BCUT2D eigenvalue weighted by molar-refractivity contribution is 5.72. The molecule has 0 aromatic heterocycles. The zero-order chi connectivity index (χ0) is 15.3. The third-order valence-electron chi connectivity index (χ3n) is 6.54. The highest BCUT2D eigenvalue weighted by atomic mass is 16.1. The van der Waals surface area contributed by atoms with E-state index in [1.165, 1.54) is 49.9 Å². The number of carbonyl (C=O) groups is 1. The molecular formula is C19H26N2O. The number of anilines is 1. The van der Waals surface area contributed by atoms with E-state index in [2.05, 4.69) is 36.2 Å². The van der Waals surface area contributed by atoms with Gasteiger partial charge in [0.05, 0.1) is 0 Å². The molecule has 3 aliphatic rings. The van der Waals surface area contributed by atoms with Crippen LogP contribution in [0.15, 0.2) is 18.2 Å². The van der Waals surface area contributed by atoms with Crippen molar-refractivity contribution in [3.63, 3.8) is 0 Å². The van der Waals surface area contributed by atoms with Crippen molar-refractivity contribution in [3.8, 4) is 0 Å². The Bertz CT molecular complexity index is 595. The second kappa shape index (κ2) is 5.09. The number of benzene rings is 1. The van der Waals surface area contributed by atoms with Crippen LogP contribution in [0.25, 0.3) is 0 Å². The number of hydrogen-bond acceptors (Lipinski definition) is 2. The monoisotopic (exact) mass is 298 g/mol. The Labute approximate surface area is 133 Å². The fourth-order valence-corrected chi connectivity index (χ4v) is 4.72. The standard InChI is InChI=1S/C19H26N2O/c1-13-18-9-15-5-6-16(20-12-22)10-17(15)19(13,2)7-8-21(18)11-14-3-4-14/h5-6,10,12-14,18H,3-4,7-9,11H2,1-2H3,(H,20,22)/t13-,18-,19-/m1/s1. The molecule has 2 fully saturated rings. The summed E-state index contributed by atoms with van der Waals surface area (Å²) in [4.78, 5) is 13.5. The third kappa shape index (κ3) is 2.18. The molecule has 3 nitrogen and oxygen atoms in total. The van der Waals surface area contributed by atoms with Crippen molar-refractivity contribution in [1.82, 2.24) is 4.90 Å². The molecule has 1 aromatic rings. The molecule has 1 saturated carbocycles. The SMILES string of the molecule is C[C@@H]1[C@H]2Cc3ccc(NC=O)cc3[C@]1(C)CCN2CC1CC1. The Balaban J connectivity index is 1.68. The summed E-state index contributed by atoms with van der Waals surface area (Å²) >= 11 is 0. The fraction of sp³-hybridized carbons (Fsp3) is 0.632. The van der Waals surface area contributed by atoms with Gasteiger partial charge < -0.3 is 5.32 Å². The second-order valence-corrected chi connectivity index (χ2v) is 7.80. The summed E-state index contributed by atoms with van der Waals surface area (Å²) in [7, 11) is 0. The van der Waals surface area contributed by atoms with E-state index < -0.39 is 0 Å². The first kappa shape index (κ1) is 14.3. The number of nitrogens with zero attached hydrogens (tertiary/aromatic N) is 1. The summed E-state index contributed by atoms with van der Waals surface area (Å²) < 4.78 is 0. The molecule has 1 N–H and O–H groups in total. The zero-order valence-electron chi connectivity index (χ0n) is 13.6. The molecule has 1 heterocycles. The summed E-state index contributed by atoms with van der Waals surface area (Å²) in [5.74, 6) is 1.65. The van der Waals surface area contributed by atoms with Gasteiger partial charge in [0.15, 0.2) is 0 Å². The van der Waals surface area contributed by atoms with Gasteiger partial charge in [-0.2, -0.15) is 0 Å². The number of amides is 1. The summed E-state index contributed by atoms with van der Waals surface area (Å²) in [5.41, 5.74) is 4.14. The average Bonchev–Trinajstić information content (AvgIpc) is 3.31. The Kier molecular flexibility index (Phi) is 3.30. The maximum Gasteiger partial charge on any atom is 0.211 e. The van der Waals surface area contributed by atoms with Crippen LogP contribution in [-0.2, 0) is 16.6 Å². The quantitative estimate of drug-likeness (QED) is 0.866. The van der Waals surface area contributed by atoms with Crippen LogP contribution < -0.4 is 5.32 Å². The largest absolute Gasteiger partial charge is 0.329 e. The Morgan fingerprint density at radius 3 is 2.95 bits per heavy atom. The van der Waals surface area contributed by atoms with Gasteiger partial charge >= 0.3 is 0 Å². The molecule has 3 atom stereocenters. The predicted octanol–water partition coefficient (Wildman–Crippen LogP) is 3.19. The lowest BCUT2D eigenvalue weighted by Gasteiger charge is -2.55. The summed E-state index contributed by atoms with van der Waals surface area (Å²) in [6.07, 6.45) is 6.05. The molecule has 22 heavy (non-hydrogen) atoms. The molecule has 2 bridgehead atoms. The van der Waals surface area contributed by atoms with Crippen molar-refractivity contribution in [3.05, 3.63) is 29.3 Å². The van der Waals surface area contributed by atoms with Crippen molar-refractivity contribution < 1.29 is 4.79 Å². The molecule has 0 radical (unpaired) electrons. The van der Waals surface area contributed by atoms with E-state index in [1.54, 1.807) is 0 Å². The van der Waals surface area contributed by atoms with E-state index in [1.807, 2.05) is 6.07 Å². The molecule has 4 rings (SSSR count). The summed E-state index contributed by atoms with van der Waals surface area (Å²) in [5, 5.41) is 2.82. The van der Waals surface area contributed by atoms with Crippen molar-refractivity contribution >= 4 is 12.1 Å². The van der Waals surface area contributed by atoms with E-state index in [9.17, 15) is 4.79 Å². The highest BCUT2D eigenvalue weighted by Crippen LogP contribution is 2.49. The van der Waals surface area contributed by atoms with Crippen LogP contribution >= 0.6 is 0 Å². The van der Waals surface area contributed by atoms with Gasteiger partial charge in [0.1, 0.15) is 0 Å². The van der Waals surface area contributed by atoms with Crippen molar-refractivity contribution in [2.45, 2.75) is 51.0 Å². The number of fused-ring (bicyclic) bond motifs is 4. The van der Waals surface area contributed by atoms with Crippen molar-refractivity contribution in [2.75, 3.05) is 18.4 Å². The third-order valence-corrected chi connectivity index (χ3v) is 6.54. The van der Waals surface area contributed by atoms with Gasteiger partial charge in [-0.15, -0.1) is 0 Å². The van der Waals surface area contributed by atoms with Gasteiger partial charge in [-0.05, 0) is 72.7 Å². The second-order valence-electron chi connectivity index (χ2n) is 7.80. The Morgan fingerprint density at radius 1 is 1.41 bits per heavy atom. The van der Waals surface area contributed by atoms with Crippen LogP contribution in [0.1, 0.15) is 44.2 Å². The van der Waals surface area contributed by atoms with Crippen LogP contribution in [0, 0.1) is 11.8 Å². The first-order valence-electron chi connectivity index (χ1n) is 8.69. The zero-order valence-corrected chi connectivity index (χ0v) is 13.6. The van der Waals surface area contributed by atoms with Gasteiger partial charge in [-0.25, -0.2) is 0 Å². The van der Waals surface area contributed by atoms with Crippen LogP contribution in [0.5, 0.6) is 0 Å². The molecule has 1 aliphatic heterocycles. The maximum atomic E-state index is 10.7. The molecule has 0 spiro atoms. The van der Waals surface area contributed by atoms with Crippen LogP contribution in [0.3, 0.4) is 0 Å². The number of nitrogens with one attached hydrogen (secondary N) is 1. The molecule has 1 aromatic carbocycles. The highest BCUT2D eigenvalue weighted by Gasteiger charge is 2.48. The van der Waals surface area contributed by atoms with Gasteiger partial charge in [-0.1, -0.05) is 19.9 Å². The minimum absolute atomic E-state index is 0.249. The molecule has 2 aliphatic carbocycles. The van der Waals surface area contributed by atoms with E-state index >= 15 is 0 Å². The minimum Gasteiger partial charge on any atom is -0.329 e. The maximum absolute atomic E-state index is 10.7. The van der Waals surface area contributed by atoms with E-state index in [4.69, 9.17) is 0 Å². The number of rotatable bonds is 4. The number of hydrogen-bond donors (Lipinski definition) is 1. The summed E-state index contributed by atoms with van der Waals surface area (Å²) in [6, 6.07) is 7.19. The topological polar surface area (TPSA) is 32.3 Å². The number of carbonyl (C=O) groups excluding carboxylic acids is 1. The van der Waals surface area contributed by atoms with Crippen molar-refractivity contribution in [1.29, 1.82) is 0 Å². The lowest BCUT2D eigenvalue weighted by atomic mass is 9.59. The number of piperidine rings is 1. The predicted molar refractivity (Wildman–Crippen MR) is 89.1 cm³/mol. The molecule has 1 amide bonds.